The van der Waals surface area contributed by atoms with Crippen LogP contribution >= 0.6 is 22.9 Å². The van der Waals surface area contributed by atoms with Gasteiger partial charge in [-0.15, -0.1) is 0 Å². The number of fused-ring (bicyclic) bond motifs is 1. The number of carbonyl (C=O) groups is 1. The van der Waals surface area contributed by atoms with E-state index in [0.29, 0.717) is 20.6 Å². The molecule has 12 heteroatoms. The summed E-state index contributed by atoms with van der Waals surface area (Å²) >= 11 is 7.50. The molecule has 4 heterocycles. The molecule has 5 rings (SSSR count). The van der Waals surface area contributed by atoms with Crippen molar-refractivity contribution in [2.45, 2.75) is 19.9 Å². The Balaban J connectivity index is 1.70. The zero-order chi connectivity index (χ0) is 27.0. The van der Waals surface area contributed by atoms with Crippen LogP contribution in [-0.4, -0.2) is 27.1 Å². The summed E-state index contributed by atoms with van der Waals surface area (Å²) in [6.07, 6.45) is 4.97. The third-order valence-corrected chi connectivity index (χ3v) is 7.16. The number of esters is 1. The first-order valence-electron chi connectivity index (χ1n) is 11.4. The average molecular weight is 551 g/mol. The van der Waals surface area contributed by atoms with Crippen molar-refractivity contribution in [3.05, 3.63) is 112 Å². The van der Waals surface area contributed by atoms with Gasteiger partial charge < -0.3 is 9.15 Å². The topological polar surface area (TPSA) is 130 Å². The smallest absolute Gasteiger partial charge is 0.338 e. The fraction of sp³-hybridized carbons (Fsp3) is 0.154. The number of pyridine rings is 1. The summed E-state index contributed by atoms with van der Waals surface area (Å²) in [5.41, 5.74) is 1.10. The second-order valence-electron chi connectivity index (χ2n) is 8.21. The number of halogens is 1. The maximum absolute atomic E-state index is 13.6. The minimum atomic E-state index is -0.976. The second-order valence-corrected chi connectivity index (χ2v) is 9.62. The summed E-state index contributed by atoms with van der Waals surface area (Å²) in [6, 6.07) is 9.77. The van der Waals surface area contributed by atoms with Crippen molar-refractivity contribution < 1.29 is 18.9 Å². The summed E-state index contributed by atoms with van der Waals surface area (Å²) < 4.78 is 13.2. The maximum atomic E-state index is 13.6. The molecule has 0 N–H and O–H groups in total. The van der Waals surface area contributed by atoms with E-state index in [-0.39, 0.29) is 40.0 Å². The zero-order valence-corrected chi connectivity index (χ0v) is 21.7. The maximum Gasteiger partial charge on any atom is 0.338 e. The number of benzene rings is 1. The number of furan rings is 1. The fourth-order valence-corrected chi connectivity index (χ4v) is 5.39. The van der Waals surface area contributed by atoms with Crippen molar-refractivity contribution in [3.63, 3.8) is 0 Å². The van der Waals surface area contributed by atoms with Gasteiger partial charge in [-0.05, 0) is 55.8 Å². The molecule has 38 heavy (non-hydrogen) atoms. The molecular formula is C26H19ClN4O6S. The number of hydrogen-bond donors (Lipinski definition) is 0. The lowest BCUT2D eigenvalue weighted by molar-refractivity contribution is -0.384. The summed E-state index contributed by atoms with van der Waals surface area (Å²) in [6.45, 7) is 3.48. The van der Waals surface area contributed by atoms with Crippen LogP contribution in [0.2, 0.25) is 5.02 Å². The molecule has 192 valence electrons. The summed E-state index contributed by atoms with van der Waals surface area (Å²) in [4.78, 5) is 46.4. The minimum Gasteiger partial charge on any atom is -0.463 e. The Kier molecular flexibility index (Phi) is 6.79. The summed E-state index contributed by atoms with van der Waals surface area (Å²) in [5.74, 6) is -0.143. The highest BCUT2D eigenvalue weighted by molar-refractivity contribution is 7.07. The predicted octanol–water partition coefficient (Wildman–Crippen LogP) is 4.01. The Bertz CT molecular complexity index is 1790. The van der Waals surface area contributed by atoms with Gasteiger partial charge in [0, 0.05) is 30.1 Å². The Morgan fingerprint density at radius 3 is 2.74 bits per heavy atom. The van der Waals surface area contributed by atoms with Crippen molar-refractivity contribution >= 4 is 40.7 Å². The molecule has 0 radical (unpaired) electrons. The summed E-state index contributed by atoms with van der Waals surface area (Å²) in [5, 5.41) is 11.5. The van der Waals surface area contributed by atoms with Gasteiger partial charge in [-0.2, -0.15) is 0 Å². The molecule has 4 aromatic rings. The van der Waals surface area contributed by atoms with Gasteiger partial charge in [-0.1, -0.05) is 22.9 Å². The lowest BCUT2D eigenvalue weighted by Crippen LogP contribution is -2.39. The number of thiazole rings is 1. The Labute approximate surface area is 224 Å². The molecule has 0 saturated carbocycles. The van der Waals surface area contributed by atoms with E-state index in [0.717, 1.165) is 5.56 Å². The molecule has 0 spiro atoms. The SMILES string of the molecule is CCOC(=O)C1=C(C)N=c2s/c(=C\c3ccncc3)c(=O)n2[C@H]1c1ccc(-c2cc([N+](=O)[O-])ccc2Cl)o1. The number of nitro benzene ring substituents is 1. The van der Waals surface area contributed by atoms with Crippen molar-refractivity contribution in [1.82, 2.24) is 9.55 Å². The first-order chi connectivity index (χ1) is 18.3. The molecule has 1 aromatic carbocycles. The van der Waals surface area contributed by atoms with Gasteiger partial charge in [0.2, 0.25) is 0 Å². The van der Waals surface area contributed by atoms with Gasteiger partial charge in [0.15, 0.2) is 4.80 Å². The second kappa shape index (κ2) is 10.2. The highest BCUT2D eigenvalue weighted by Crippen LogP contribution is 2.37. The Morgan fingerprint density at radius 1 is 1.26 bits per heavy atom. The molecule has 0 saturated heterocycles. The third kappa shape index (κ3) is 4.57. The number of ether oxygens (including phenoxy) is 1. The standard InChI is InChI=1S/C26H19ClN4O6S/c1-3-36-25(33)22-14(2)29-26-30(24(32)21(38-26)12-15-8-10-28-11-9-15)23(22)20-7-6-19(37-20)17-13-16(31(34)35)4-5-18(17)27/h4-13,23H,3H2,1-2H3/b21-12-/t23-/m0/s1. The molecule has 0 fully saturated rings. The van der Waals surface area contributed by atoms with E-state index in [9.17, 15) is 19.7 Å². The number of hydrogen-bond acceptors (Lipinski definition) is 9. The van der Waals surface area contributed by atoms with Crippen LogP contribution in [0.3, 0.4) is 0 Å². The Morgan fingerprint density at radius 2 is 2.03 bits per heavy atom. The summed E-state index contributed by atoms with van der Waals surface area (Å²) in [7, 11) is 0. The molecular weight excluding hydrogens is 532 g/mol. The van der Waals surface area contributed by atoms with Crippen molar-refractivity contribution in [3.8, 4) is 11.3 Å². The van der Waals surface area contributed by atoms with Crippen molar-refractivity contribution in [2.75, 3.05) is 6.61 Å². The van der Waals surface area contributed by atoms with Crippen LogP contribution in [0.25, 0.3) is 17.4 Å². The molecule has 0 amide bonds. The number of nitrogens with zero attached hydrogens (tertiary/aromatic N) is 4. The Hall–Kier alpha value is -4.35. The van der Waals surface area contributed by atoms with Crippen LogP contribution in [0.15, 0.2) is 80.3 Å². The molecule has 10 nitrogen and oxygen atoms in total. The number of non-ortho nitro benzene ring substituents is 1. The fourth-order valence-electron chi connectivity index (χ4n) is 4.13. The van der Waals surface area contributed by atoms with Crippen LogP contribution in [0, 0.1) is 10.1 Å². The molecule has 1 aliphatic heterocycles. The molecule has 1 aliphatic rings. The van der Waals surface area contributed by atoms with E-state index in [1.807, 2.05) is 0 Å². The van der Waals surface area contributed by atoms with Crippen LogP contribution < -0.4 is 14.9 Å². The highest BCUT2D eigenvalue weighted by atomic mass is 35.5. The van der Waals surface area contributed by atoms with E-state index in [2.05, 4.69) is 9.98 Å². The lowest BCUT2D eigenvalue weighted by atomic mass is 10.0. The molecule has 0 bridgehead atoms. The molecule has 0 aliphatic carbocycles. The van der Waals surface area contributed by atoms with Gasteiger partial charge in [-0.3, -0.25) is 24.5 Å². The van der Waals surface area contributed by atoms with E-state index >= 15 is 0 Å². The average Bonchev–Trinajstić information content (AvgIpc) is 3.49. The van der Waals surface area contributed by atoms with E-state index in [1.54, 1.807) is 56.6 Å². The van der Waals surface area contributed by atoms with Crippen LogP contribution in [0.1, 0.15) is 31.2 Å². The van der Waals surface area contributed by atoms with Gasteiger partial charge in [0.05, 0.1) is 32.4 Å². The zero-order valence-electron chi connectivity index (χ0n) is 20.1. The predicted molar refractivity (Wildman–Crippen MR) is 140 cm³/mol. The number of allylic oxidation sites excluding steroid dienone is 1. The molecule has 3 aromatic heterocycles. The van der Waals surface area contributed by atoms with E-state index in [1.165, 1.54) is 34.1 Å². The van der Waals surface area contributed by atoms with E-state index < -0.39 is 16.9 Å². The number of aromatic nitrogens is 2. The number of carbonyl (C=O) groups excluding carboxylic acids is 1. The monoisotopic (exact) mass is 550 g/mol. The normalized spacial score (nSPS) is 15.2. The van der Waals surface area contributed by atoms with Crippen molar-refractivity contribution in [1.29, 1.82) is 0 Å². The quantitative estimate of drug-likeness (QED) is 0.201. The van der Waals surface area contributed by atoms with Gasteiger partial charge in [0.25, 0.3) is 11.2 Å². The van der Waals surface area contributed by atoms with Crippen LogP contribution in [0.5, 0.6) is 0 Å². The molecule has 1 atom stereocenters. The third-order valence-electron chi connectivity index (χ3n) is 5.84. The van der Waals surface area contributed by atoms with Crippen LogP contribution in [0.4, 0.5) is 5.69 Å². The van der Waals surface area contributed by atoms with Crippen LogP contribution in [-0.2, 0) is 9.53 Å². The van der Waals surface area contributed by atoms with Gasteiger partial charge in [-0.25, -0.2) is 9.79 Å². The minimum absolute atomic E-state index is 0.126. The van der Waals surface area contributed by atoms with Gasteiger partial charge in [0.1, 0.15) is 17.6 Å². The first-order valence-corrected chi connectivity index (χ1v) is 12.6. The van der Waals surface area contributed by atoms with Gasteiger partial charge >= 0.3 is 5.97 Å². The number of rotatable bonds is 6. The van der Waals surface area contributed by atoms with E-state index in [4.69, 9.17) is 20.8 Å². The highest BCUT2D eigenvalue weighted by Gasteiger charge is 2.35. The van der Waals surface area contributed by atoms with Crippen molar-refractivity contribution in [2.24, 2.45) is 4.99 Å². The molecule has 0 unspecified atom stereocenters. The number of nitro groups is 1. The largest absolute Gasteiger partial charge is 0.463 e. The first kappa shape index (κ1) is 25.3. The lowest BCUT2D eigenvalue weighted by Gasteiger charge is -2.22.